The van der Waals surface area contributed by atoms with Gasteiger partial charge >= 0.3 is 0 Å². The predicted octanol–water partition coefficient (Wildman–Crippen LogP) is 1.26. The van der Waals surface area contributed by atoms with Crippen LogP contribution in [0.1, 0.15) is 30.0 Å². The number of aryl methyl sites for hydroxylation is 3. The number of fused-ring (bicyclic) bond motifs is 1. The molecular formula is C14H19N7. The van der Waals surface area contributed by atoms with E-state index in [9.17, 15) is 0 Å². The van der Waals surface area contributed by atoms with Gasteiger partial charge in [-0.05, 0) is 25.5 Å². The fourth-order valence-electron chi connectivity index (χ4n) is 2.49. The van der Waals surface area contributed by atoms with Gasteiger partial charge in [0.15, 0.2) is 5.65 Å². The molecule has 1 atom stereocenters. The maximum absolute atomic E-state index is 4.49. The first-order valence-corrected chi connectivity index (χ1v) is 6.91. The van der Waals surface area contributed by atoms with Crippen molar-refractivity contribution in [3.8, 4) is 0 Å². The molecule has 1 N–H and O–H groups in total. The first kappa shape index (κ1) is 13.7. The molecule has 7 nitrogen and oxygen atoms in total. The minimum atomic E-state index is 0.128. The lowest BCUT2D eigenvalue weighted by molar-refractivity contribution is 0.528. The molecule has 1 unspecified atom stereocenters. The van der Waals surface area contributed by atoms with Crippen LogP contribution >= 0.6 is 0 Å². The smallest absolute Gasteiger partial charge is 0.157 e. The lowest BCUT2D eigenvalue weighted by Crippen LogP contribution is -2.21. The SMILES string of the molecule is Cc1nn(C)c2ncc(CNC(C)c3nncn3C)cc12. The highest BCUT2D eigenvalue weighted by molar-refractivity contribution is 5.78. The number of nitrogens with zero attached hydrogens (tertiary/aromatic N) is 6. The third kappa shape index (κ3) is 2.52. The van der Waals surface area contributed by atoms with Crippen LogP contribution in [0.2, 0.25) is 0 Å². The zero-order chi connectivity index (χ0) is 15.0. The van der Waals surface area contributed by atoms with Gasteiger partial charge in [-0.15, -0.1) is 10.2 Å². The van der Waals surface area contributed by atoms with Crippen molar-refractivity contribution in [3.63, 3.8) is 0 Å². The lowest BCUT2D eigenvalue weighted by Gasteiger charge is -2.12. The molecule has 0 radical (unpaired) electrons. The molecule has 0 saturated heterocycles. The fraction of sp³-hybridized carbons (Fsp3) is 0.429. The Balaban J connectivity index is 1.76. The summed E-state index contributed by atoms with van der Waals surface area (Å²) in [5.41, 5.74) is 3.05. The number of rotatable bonds is 4. The fourth-order valence-corrected chi connectivity index (χ4v) is 2.49. The van der Waals surface area contributed by atoms with Gasteiger partial charge < -0.3 is 9.88 Å². The zero-order valence-electron chi connectivity index (χ0n) is 12.7. The summed E-state index contributed by atoms with van der Waals surface area (Å²) in [4.78, 5) is 4.49. The molecule has 0 amide bonds. The minimum Gasteiger partial charge on any atom is -0.319 e. The van der Waals surface area contributed by atoms with E-state index in [1.807, 2.05) is 36.5 Å². The van der Waals surface area contributed by atoms with Gasteiger partial charge in [-0.25, -0.2) is 4.98 Å². The van der Waals surface area contributed by atoms with Gasteiger partial charge in [0, 0.05) is 32.2 Å². The van der Waals surface area contributed by atoms with Crippen LogP contribution in [0.4, 0.5) is 0 Å². The first-order chi connectivity index (χ1) is 10.1. The van der Waals surface area contributed by atoms with Crippen LogP contribution in [-0.4, -0.2) is 29.5 Å². The molecule has 0 aliphatic rings. The Hall–Kier alpha value is -2.28. The highest BCUT2D eigenvalue weighted by Gasteiger charge is 2.11. The topological polar surface area (TPSA) is 73.5 Å². The highest BCUT2D eigenvalue weighted by atomic mass is 15.3. The summed E-state index contributed by atoms with van der Waals surface area (Å²) in [5, 5.41) is 17.0. The van der Waals surface area contributed by atoms with Gasteiger partial charge in [-0.1, -0.05) is 0 Å². The molecule has 7 heteroatoms. The average Bonchev–Trinajstić information content (AvgIpc) is 3.01. The summed E-state index contributed by atoms with van der Waals surface area (Å²) in [6.45, 7) is 4.81. The number of pyridine rings is 1. The largest absolute Gasteiger partial charge is 0.319 e. The van der Waals surface area contributed by atoms with Crippen LogP contribution < -0.4 is 5.32 Å². The zero-order valence-corrected chi connectivity index (χ0v) is 12.7. The molecule has 21 heavy (non-hydrogen) atoms. The Morgan fingerprint density at radius 3 is 2.86 bits per heavy atom. The summed E-state index contributed by atoms with van der Waals surface area (Å²) >= 11 is 0. The molecule has 0 bridgehead atoms. The number of aromatic nitrogens is 6. The third-order valence-electron chi connectivity index (χ3n) is 3.67. The molecule has 0 aliphatic carbocycles. The Morgan fingerprint density at radius 1 is 1.33 bits per heavy atom. The van der Waals surface area contributed by atoms with Crippen molar-refractivity contribution in [1.29, 1.82) is 0 Å². The van der Waals surface area contributed by atoms with Crippen molar-refractivity contribution >= 4 is 11.0 Å². The monoisotopic (exact) mass is 285 g/mol. The molecular weight excluding hydrogens is 266 g/mol. The third-order valence-corrected chi connectivity index (χ3v) is 3.67. The molecule has 0 aromatic carbocycles. The summed E-state index contributed by atoms with van der Waals surface area (Å²) in [6, 6.07) is 2.27. The van der Waals surface area contributed by atoms with E-state index < -0.39 is 0 Å². The van der Waals surface area contributed by atoms with Gasteiger partial charge in [0.05, 0.1) is 11.7 Å². The number of hydrogen-bond acceptors (Lipinski definition) is 5. The van der Waals surface area contributed by atoms with Crippen molar-refractivity contribution in [2.75, 3.05) is 0 Å². The van der Waals surface area contributed by atoms with E-state index in [1.54, 1.807) is 6.33 Å². The summed E-state index contributed by atoms with van der Waals surface area (Å²) in [7, 11) is 3.86. The summed E-state index contributed by atoms with van der Waals surface area (Å²) in [6.07, 6.45) is 3.60. The van der Waals surface area contributed by atoms with Gasteiger partial charge in [0.25, 0.3) is 0 Å². The average molecular weight is 285 g/mol. The molecule has 0 fully saturated rings. The van der Waals surface area contributed by atoms with Crippen LogP contribution in [0.5, 0.6) is 0 Å². The number of nitrogens with one attached hydrogen (secondary N) is 1. The van der Waals surface area contributed by atoms with E-state index in [1.165, 1.54) is 0 Å². The molecule has 3 aromatic rings. The molecule has 0 spiro atoms. The molecule has 0 aliphatic heterocycles. The second-order valence-electron chi connectivity index (χ2n) is 5.33. The van der Waals surface area contributed by atoms with Crippen molar-refractivity contribution in [2.45, 2.75) is 26.4 Å². The van der Waals surface area contributed by atoms with Crippen LogP contribution in [-0.2, 0) is 20.6 Å². The Labute approximate surface area is 123 Å². The summed E-state index contributed by atoms with van der Waals surface area (Å²) < 4.78 is 3.73. The summed E-state index contributed by atoms with van der Waals surface area (Å²) in [5.74, 6) is 0.918. The van der Waals surface area contributed by atoms with Gasteiger partial charge in [0.1, 0.15) is 12.2 Å². The van der Waals surface area contributed by atoms with Crippen molar-refractivity contribution < 1.29 is 0 Å². The van der Waals surface area contributed by atoms with Gasteiger partial charge in [0.2, 0.25) is 0 Å². The maximum atomic E-state index is 4.49. The van der Waals surface area contributed by atoms with Crippen LogP contribution in [0.3, 0.4) is 0 Å². The Bertz CT molecular complexity index is 771. The normalized spacial score (nSPS) is 13.0. The Morgan fingerprint density at radius 2 is 2.14 bits per heavy atom. The van der Waals surface area contributed by atoms with Gasteiger partial charge in [-0.3, -0.25) is 4.68 Å². The van der Waals surface area contributed by atoms with E-state index in [0.29, 0.717) is 0 Å². The minimum absolute atomic E-state index is 0.128. The van der Waals surface area contributed by atoms with E-state index in [4.69, 9.17) is 0 Å². The van der Waals surface area contributed by atoms with Crippen molar-refractivity contribution in [3.05, 3.63) is 35.7 Å². The van der Waals surface area contributed by atoms with E-state index >= 15 is 0 Å². The maximum Gasteiger partial charge on any atom is 0.157 e. The van der Waals surface area contributed by atoms with Crippen LogP contribution in [0, 0.1) is 6.92 Å². The van der Waals surface area contributed by atoms with Crippen LogP contribution in [0.25, 0.3) is 11.0 Å². The van der Waals surface area contributed by atoms with E-state index in [2.05, 4.69) is 38.6 Å². The van der Waals surface area contributed by atoms with Crippen molar-refractivity contribution in [2.24, 2.45) is 14.1 Å². The highest BCUT2D eigenvalue weighted by Crippen LogP contribution is 2.17. The molecule has 3 aromatic heterocycles. The second-order valence-corrected chi connectivity index (χ2v) is 5.33. The first-order valence-electron chi connectivity index (χ1n) is 6.91. The van der Waals surface area contributed by atoms with Crippen molar-refractivity contribution in [1.82, 2.24) is 34.8 Å². The van der Waals surface area contributed by atoms with E-state index in [0.717, 1.165) is 34.7 Å². The molecule has 3 heterocycles. The second kappa shape index (κ2) is 5.25. The van der Waals surface area contributed by atoms with E-state index in [-0.39, 0.29) is 6.04 Å². The molecule has 110 valence electrons. The lowest BCUT2D eigenvalue weighted by atomic mass is 10.2. The molecule has 3 rings (SSSR count). The number of hydrogen-bond donors (Lipinski definition) is 1. The van der Waals surface area contributed by atoms with Crippen LogP contribution in [0.15, 0.2) is 18.6 Å². The van der Waals surface area contributed by atoms with Gasteiger partial charge in [-0.2, -0.15) is 5.10 Å². The molecule has 0 saturated carbocycles. The standard InChI is InChI=1S/C14H19N7/c1-9-12-5-11(7-16-14(12)21(4)19-9)6-15-10(2)13-18-17-8-20(13)3/h5,7-8,10,15H,6H2,1-4H3. The predicted molar refractivity (Wildman–Crippen MR) is 79.5 cm³/mol. The Kier molecular flexibility index (Phi) is 3.42. The quantitative estimate of drug-likeness (QED) is 0.781.